The summed E-state index contributed by atoms with van der Waals surface area (Å²) >= 11 is 6.11. The molecule has 0 radical (unpaired) electrons. The number of rotatable bonds is 8. The number of carbonyl (C=O) groups is 2. The van der Waals surface area contributed by atoms with Gasteiger partial charge in [0.05, 0.1) is 28.7 Å². The van der Waals surface area contributed by atoms with Gasteiger partial charge in [0.15, 0.2) is 16.0 Å². The molecule has 0 unspecified atom stereocenters. The average molecular weight is 479 g/mol. The summed E-state index contributed by atoms with van der Waals surface area (Å²) in [4.78, 5) is 50.1. The molecule has 0 aliphatic carbocycles. The Morgan fingerprint density at radius 1 is 1.38 bits per heavy atom. The zero-order valence-electron chi connectivity index (χ0n) is 16.1. The highest BCUT2D eigenvalue weighted by Gasteiger charge is 2.30. The number of hydrogen-bond acceptors (Lipinski definition) is 12. The fourth-order valence-corrected chi connectivity index (χ4v) is 3.66. The molecule has 16 heteroatoms. The number of aromatic nitrogens is 1. The molecule has 32 heavy (non-hydrogen) atoms. The van der Waals surface area contributed by atoms with Crippen LogP contribution in [0.3, 0.4) is 0 Å². The van der Waals surface area contributed by atoms with Crippen LogP contribution in [-0.2, 0) is 14.3 Å². The third-order valence-corrected chi connectivity index (χ3v) is 5.06. The Morgan fingerprint density at radius 2 is 2.09 bits per heavy atom. The van der Waals surface area contributed by atoms with E-state index in [1.165, 1.54) is 16.3 Å². The maximum Gasteiger partial charge on any atom is 0.361 e. The van der Waals surface area contributed by atoms with Crippen LogP contribution in [0, 0.1) is 20.2 Å². The zero-order chi connectivity index (χ0) is 23.4. The van der Waals surface area contributed by atoms with Gasteiger partial charge >= 0.3 is 17.3 Å². The third kappa shape index (κ3) is 4.65. The number of benzene rings is 1. The molecule has 166 valence electrons. The van der Waals surface area contributed by atoms with Crippen molar-refractivity contribution in [2.24, 2.45) is 5.10 Å². The van der Waals surface area contributed by atoms with Gasteiger partial charge in [-0.05, 0) is 25.2 Å². The summed E-state index contributed by atoms with van der Waals surface area (Å²) in [5.74, 6) is -1.16. The number of hydrazone groups is 1. The Morgan fingerprint density at radius 3 is 2.69 bits per heavy atom. The molecule has 1 aromatic heterocycles. The number of anilines is 2. The predicted octanol–water partition coefficient (Wildman–Crippen LogP) is 1.56. The predicted molar refractivity (Wildman–Crippen MR) is 117 cm³/mol. The summed E-state index contributed by atoms with van der Waals surface area (Å²) in [6, 6.07) is 3.04. The van der Waals surface area contributed by atoms with Gasteiger partial charge in [-0.2, -0.15) is 5.10 Å². The molecule has 1 amide bonds. The topological polar surface area (TPSA) is 182 Å². The molecule has 0 spiro atoms. The number of ether oxygens (including phenoxy) is 1. The monoisotopic (exact) mass is 479 g/mol. The lowest BCUT2D eigenvalue weighted by Gasteiger charge is -2.09. The Kier molecular flexibility index (Phi) is 6.64. The van der Waals surface area contributed by atoms with Crippen LogP contribution in [0.4, 0.5) is 22.2 Å². The SMILES string of the molecule is CCOC(=O)/C(=N\Nc1ccc([N+](=O)[O-])c([N+](=O)[O-])c1)c1csc(N2C(=O)CNC2=S)n1. The van der Waals surface area contributed by atoms with E-state index in [1.807, 2.05) is 0 Å². The van der Waals surface area contributed by atoms with E-state index in [-0.39, 0.29) is 46.4 Å². The van der Waals surface area contributed by atoms with Gasteiger partial charge in [-0.3, -0.25) is 30.4 Å². The van der Waals surface area contributed by atoms with Crippen molar-refractivity contribution < 1.29 is 24.2 Å². The highest BCUT2D eigenvalue weighted by Crippen LogP contribution is 2.30. The fraction of sp³-hybridized carbons (Fsp3) is 0.188. The lowest BCUT2D eigenvalue weighted by atomic mass is 10.2. The first-order chi connectivity index (χ1) is 15.2. The van der Waals surface area contributed by atoms with Gasteiger partial charge < -0.3 is 10.1 Å². The number of nitro groups is 2. The molecule has 14 nitrogen and oxygen atoms in total. The summed E-state index contributed by atoms with van der Waals surface area (Å²) in [6.07, 6.45) is 0. The molecule has 1 fully saturated rings. The van der Waals surface area contributed by atoms with Gasteiger partial charge in [0.25, 0.3) is 5.91 Å². The second kappa shape index (κ2) is 9.40. The molecular formula is C16H13N7O7S2. The zero-order valence-corrected chi connectivity index (χ0v) is 17.8. The minimum Gasteiger partial charge on any atom is -0.461 e. The van der Waals surface area contributed by atoms with E-state index in [9.17, 15) is 29.8 Å². The number of carbonyl (C=O) groups excluding carboxylic acids is 2. The van der Waals surface area contributed by atoms with Crippen LogP contribution in [0.2, 0.25) is 0 Å². The number of esters is 1. The van der Waals surface area contributed by atoms with E-state index in [0.717, 1.165) is 23.5 Å². The summed E-state index contributed by atoms with van der Waals surface area (Å²) in [6.45, 7) is 1.64. The molecule has 2 aromatic rings. The fourth-order valence-electron chi connectivity index (χ4n) is 2.51. The van der Waals surface area contributed by atoms with Crippen molar-refractivity contribution in [3.63, 3.8) is 0 Å². The highest BCUT2D eigenvalue weighted by molar-refractivity contribution is 7.80. The van der Waals surface area contributed by atoms with E-state index in [0.29, 0.717) is 0 Å². The van der Waals surface area contributed by atoms with Crippen LogP contribution in [0.1, 0.15) is 12.6 Å². The summed E-state index contributed by atoms with van der Waals surface area (Å²) in [7, 11) is 0. The number of nitro benzene ring substituents is 2. The molecule has 0 bridgehead atoms. The lowest BCUT2D eigenvalue weighted by molar-refractivity contribution is -0.422. The first-order valence-electron chi connectivity index (χ1n) is 8.73. The first-order valence-corrected chi connectivity index (χ1v) is 10.0. The molecule has 2 N–H and O–H groups in total. The van der Waals surface area contributed by atoms with E-state index in [4.69, 9.17) is 17.0 Å². The van der Waals surface area contributed by atoms with Gasteiger partial charge in [0.2, 0.25) is 0 Å². The van der Waals surface area contributed by atoms with E-state index < -0.39 is 27.2 Å². The molecule has 1 aromatic carbocycles. The van der Waals surface area contributed by atoms with Crippen molar-refractivity contribution in [1.29, 1.82) is 0 Å². The van der Waals surface area contributed by atoms with Crippen LogP contribution in [-0.4, -0.2) is 50.7 Å². The molecule has 0 atom stereocenters. The van der Waals surface area contributed by atoms with E-state index in [1.54, 1.807) is 6.92 Å². The second-order valence-electron chi connectivity index (χ2n) is 5.91. The number of thiazole rings is 1. The Bertz CT molecular complexity index is 1150. The van der Waals surface area contributed by atoms with Gasteiger partial charge in [-0.25, -0.2) is 14.7 Å². The minimum atomic E-state index is -0.907. The van der Waals surface area contributed by atoms with Crippen LogP contribution in [0.15, 0.2) is 28.7 Å². The summed E-state index contributed by atoms with van der Waals surface area (Å²) in [5, 5.41) is 30.5. The van der Waals surface area contributed by atoms with Gasteiger partial charge in [0.1, 0.15) is 5.69 Å². The number of nitrogens with zero attached hydrogens (tertiary/aromatic N) is 5. The summed E-state index contributed by atoms with van der Waals surface area (Å²) in [5.41, 5.74) is 0.800. The Hall–Kier alpha value is -4.05. The van der Waals surface area contributed by atoms with Crippen molar-refractivity contribution in [2.45, 2.75) is 6.92 Å². The molecule has 0 saturated carbocycles. The largest absolute Gasteiger partial charge is 0.461 e. The molecule has 2 heterocycles. The number of amides is 1. The van der Waals surface area contributed by atoms with Crippen molar-refractivity contribution in [3.05, 3.63) is 49.5 Å². The Balaban J connectivity index is 1.94. The van der Waals surface area contributed by atoms with Crippen LogP contribution in [0.5, 0.6) is 0 Å². The average Bonchev–Trinajstić information content (AvgIpc) is 3.34. The third-order valence-electron chi connectivity index (χ3n) is 3.90. The molecule has 3 rings (SSSR count). The maximum atomic E-state index is 12.4. The number of thiocarbonyl (C=S) groups is 1. The molecule has 1 aliphatic heterocycles. The molecular weight excluding hydrogens is 466 g/mol. The Labute approximate surface area is 188 Å². The normalized spacial score (nSPS) is 13.7. The lowest BCUT2D eigenvalue weighted by Crippen LogP contribution is -2.30. The van der Waals surface area contributed by atoms with Crippen LogP contribution >= 0.6 is 23.6 Å². The number of hydrogen-bond donors (Lipinski definition) is 2. The van der Waals surface area contributed by atoms with Crippen LogP contribution in [0.25, 0.3) is 0 Å². The molecule has 1 aliphatic rings. The maximum absolute atomic E-state index is 12.4. The quantitative estimate of drug-likeness (QED) is 0.184. The smallest absolute Gasteiger partial charge is 0.361 e. The van der Waals surface area contributed by atoms with Gasteiger partial charge in [0, 0.05) is 17.5 Å². The number of nitrogens with one attached hydrogen (secondary N) is 2. The van der Waals surface area contributed by atoms with Crippen molar-refractivity contribution in [3.8, 4) is 0 Å². The van der Waals surface area contributed by atoms with Gasteiger partial charge in [-0.15, -0.1) is 11.3 Å². The standard InChI is InChI=1S/C16H13N7O7S2/c1-2-30-14(25)13(9-7-32-16(18-9)21-12(24)6-17-15(21)31)20-19-8-3-4-10(22(26)27)11(5-8)23(28)29/h3-5,7,19H,2,6H2,1H3,(H,17,31)/b20-13-. The minimum absolute atomic E-state index is 0.0136. The van der Waals surface area contributed by atoms with E-state index >= 15 is 0 Å². The molecule has 1 saturated heterocycles. The van der Waals surface area contributed by atoms with Crippen molar-refractivity contribution >= 4 is 68.4 Å². The van der Waals surface area contributed by atoms with Crippen LogP contribution < -0.4 is 15.6 Å². The van der Waals surface area contributed by atoms with E-state index in [2.05, 4.69) is 20.8 Å². The second-order valence-corrected chi connectivity index (χ2v) is 7.14. The van der Waals surface area contributed by atoms with Crippen molar-refractivity contribution in [1.82, 2.24) is 10.3 Å². The first kappa shape index (κ1) is 22.6. The highest BCUT2D eigenvalue weighted by atomic mass is 32.1. The summed E-state index contributed by atoms with van der Waals surface area (Å²) < 4.78 is 4.98. The van der Waals surface area contributed by atoms with Crippen molar-refractivity contribution in [2.75, 3.05) is 23.5 Å². The van der Waals surface area contributed by atoms with Gasteiger partial charge in [-0.1, -0.05) is 0 Å².